The standard InChI is InChI=1S/C44H75O11P/c1-3-5-7-8-9-10-11-12-13-14-15-16-17-18-22-25-29-33-43(47)51-37-40(38-53-56(49,50)52-36-39(46)35-45)54-44(48)34-30-26-23-20-19-21-24-28-32-42-41(55-42)31-27-6-4-2/h9-10,12-13,15-16,18,22,24,28,39-42,45-46H,3-8,11,14,17,19-21,23,25-27,29-38H2,1-2H3,(H,49,50)/b10-9-,13-12-,16-15-,22-18-,28-24-/t39-,40+,41?,42?/m0/s1. The number of carbonyl (C=O) groups excluding carboxylic acids is 2. The minimum absolute atomic E-state index is 0.149. The second-order valence-electron chi connectivity index (χ2n) is 14.4. The molecule has 0 bridgehead atoms. The molecule has 3 N–H and O–H groups in total. The molecule has 1 rings (SSSR count). The Labute approximate surface area is 338 Å². The molecule has 5 atom stereocenters. The molecule has 0 aromatic heterocycles. The Morgan fingerprint density at radius 1 is 0.643 bits per heavy atom. The smallest absolute Gasteiger partial charge is 0.462 e. The SMILES string of the molecule is CCCCC/C=C\C/C=C\C/C=C\C/C=C\CCCC(=O)OC[C@H](COP(=O)(O)OC[C@@H](O)CO)OC(=O)CCCCCCC/C=C\CC1OC1CCCCC. The highest BCUT2D eigenvalue weighted by Gasteiger charge is 2.36. The molecule has 56 heavy (non-hydrogen) atoms. The fourth-order valence-corrected chi connectivity index (χ4v) is 6.43. The van der Waals surface area contributed by atoms with Crippen LogP contribution in [0.15, 0.2) is 60.8 Å². The van der Waals surface area contributed by atoms with E-state index in [-0.39, 0.29) is 19.4 Å². The van der Waals surface area contributed by atoms with E-state index in [9.17, 15) is 24.2 Å². The predicted octanol–water partition coefficient (Wildman–Crippen LogP) is 10.1. The summed E-state index contributed by atoms with van der Waals surface area (Å²) in [7, 11) is -4.64. The van der Waals surface area contributed by atoms with Gasteiger partial charge in [-0.05, 0) is 77.0 Å². The molecule has 12 heteroatoms. The van der Waals surface area contributed by atoms with E-state index >= 15 is 0 Å². The van der Waals surface area contributed by atoms with Crippen molar-refractivity contribution in [2.75, 3.05) is 26.4 Å². The van der Waals surface area contributed by atoms with Crippen molar-refractivity contribution < 1.29 is 52.5 Å². The first-order chi connectivity index (χ1) is 27.2. The van der Waals surface area contributed by atoms with E-state index in [1.54, 1.807) is 0 Å². The van der Waals surface area contributed by atoms with Gasteiger partial charge in [-0.3, -0.25) is 18.6 Å². The number of ether oxygens (including phenoxy) is 3. The Bertz CT molecular complexity index is 1180. The average Bonchev–Trinajstić information content (AvgIpc) is 3.94. The third-order valence-electron chi connectivity index (χ3n) is 9.07. The second-order valence-corrected chi connectivity index (χ2v) is 15.8. The van der Waals surface area contributed by atoms with Crippen molar-refractivity contribution in [1.29, 1.82) is 0 Å². The Kier molecular flexibility index (Phi) is 33.0. The van der Waals surface area contributed by atoms with Gasteiger partial charge in [-0.15, -0.1) is 0 Å². The normalized spacial score (nSPS) is 18.1. The number of aliphatic hydroxyl groups excluding tert-OH is 2. The van der Waals surface area contributed by atoms with E-state index in [1.165, 1.54) is 44.9 Å². The van der Waals surface area contributed by atoms with Crippen molar-refractivity contribution in [3.63, 3.8) is 0 Å². The number of unbranched alkanes of at least 4 members (excludes halogenated alkanes) is 11. The number of carbonyl (C=O) groups is 2. The highest BCUT2D eigenvalue weighted by Crippen LogP contribution is 2.43. The molecule has 1 saturated heterocycles. The fraction of sp³-hybridized carbons (Fsp3) is 0.727. The first kappa shape index (κ1) is 51.6. The van der Waals surface area contributed by atoms with Gasteiger partial charge in [0.2, 0.25) is 0 Å². The molecule has 0 saturated carbocycles. The number of hydrogen-bond acceptors (Lipinski definition) is 10. The van der Waals surface area contributed by atoms with E-state index in [2.05, 4.69) is 73.1 Å². The molecule has 0 spiro atoms. The van der Waals surface area contributed by atoms with Gasteiger partial charge in [0.15, 0.2) is 6.10 Å². The summed E-state index contributed by atoms with van der Waals surface area (Å²) < 4.78 is 38.4. The van der Waals surface area contributed by atoms with Crippen molar-refractivity contribution in [2.45, 2.75) is 180 Å². The van der Waals surface area contributed by atoms with Gasteiger partial charge in [0.1, 0.15) is 12.7 Å². The Balaban J connectivity index is 2.31. The molecule has 322 valence electrons. The van der Waals surface area contributed by atoms with Gasteiger partial charge in [-0.25, -0.2) is 4.57 Å². The van der Waals surface area contributed by atoms with Crippen LogP contribution < -0.4 is 0 Å². The summed E-state index contributed by atoms with van der Waals surface area (Å²) in [5.74, 6) is -1.02. The van der Waals surface area contributed by atoms with Crippen LogP contribution in [0.2, 0.25) is 0 Å². The van der Waals surface area contributed by atoms with Gasteiger partial charge >= 0.3 is 19.8 Å². The van der Waals surface area contributed by atoms with Crippen LogP contribution in [0.1, 0.15) is 155 Å². The molecule has 1 heterocycles. The average molecular weight is 811 g/mol. The summed E-state index contributed by atoms with van der Waals surface area (Å²) in [6.07, 6.45) is 40.8. The van der Waals surface area contributed by atoms with Gasteiger partial charge < -0.3 is 29.3 Å². The molecule has 1 fully saturated rings. The summed E-state index contributed by atoms with van der Waals surface area (Å²) in [5.41, 5.74) is 0. The van der Waals surface area contributed by atoms with E-state index in [1.807, 2.05) is 6.08 Å². The number of aliphatic hydroxyl groups is 2. The van der Waals surface area contributed by atoms with Gasteiger partial charge in [0.25, 0.3) is 0 Å². The number of rotatable bonds is 38. The van der Waals surface area contributed by atoms with E-state index in [4.69, 9.17) is 23.8 Å². The molecule has 0 aromatic carbocycles. The van der Waals surface area contributed by atoms with Crippen molar-refractivity contribution in [2.24, 2.45) is 0 Å². The van der Waals surface area contributed by atoms with Crippen molar-refractivity contribution >= 4 is 19.8 Å². The molecule has 11 nitrogen and oxygen atoms in total. The van der Waals surface area contributed by atoms with Crippen LogP contribution in [0, 0.1) is 0 Å². The summed E-state index contributed by atoms with van der Waals surface area (Å²) in [5, 5.41) is 18.3. The van der Waals surface area contributed by atoms with Crippen molar-refractivity contribution in [3.8, 4) is 0 Å². The van der Waals surface area contributed by atoms with Crippen LogP contribution in [0.3, 0.4) is 0 Å². The topological polar surface area (TPSA) is 161 Å². The van der Waals surface area contributed by atoms with Crippen molar-refractivity contribution in [1.82, 2.24) is 0 Å². The first-order valence-electron chi connectivity index (χ1n) is 21.4. The lowest BCUT2D eigenvalue weighted by atomic mass is 10.1. The minimum Gasteiger partial charge on any atom is -0.462 e. The van der Waals surface area contributed by atoms with Crippen LogP contribution in [0.25, 0.3) is 0 Å². The van der Waals surface area contributed by atoms with Gasteiger partial charge in [-0.1, -0.05) is 126 Å². The number of hydrogen-bond donors (Lipinski definition) is 3. The van der Waals surface area contributed by atoms with E-state index in [0.717, 1.165) is 64.2 Å². The zero-order valence-corrected chi connectivity index (χ0v) is 35.4. The molecule has 0 amide bonds. The number of esters is 2. The monoisotopic (exact) mass is 811 g/mol. The predicted molar refractivity (Wildman–Crippen MR) is 223 cm³/mol. The van der Waals surface area contributed by atoms with Gasteiger partial charge in [0.05, 0.1) is 32.0 Å². The summed E-state index contributed by atoms with van der Waals surface area (Å²) in [6, 6.07) is 0. The zero-order chi connectivity index (χ0) is 41.0. The third-order valence-corrected chi connectivity index (χ3v) is 10.0. The lowest BCUT2D eigenvalue weighted by Crippen LogP contribution is -2.29. The summed E-state index contributed by atoms with van der Waals surface area (Å²) in [4.78, 5) is 35.0. The zero-order valence-electron chi connectivity index (χ0n) is 34.5. The maximum absolute atomic E-state index is 12.6. The van der Waals surface area contributed by atoms with Crippen LogP contribution in [-0.4, -0.2) is 77.9 Å². The highest BCUT2D eigenvalue weighted by molar-refractivity contribution is 7.47. The Morgan fingerprint density at radius 2 is 1.18 bits per heavy atom. The second kappa shape index (κ2) is 35.8. The molecule has 0 radical (unpaired) electrons. The quantitative estimate of drug-likeness (QED) is 0.0179. The summed E-state index contributed by atoms with van der Waals surface area (Å²) >= 11 is 0. The fourth-order valence-electron chi connectivity index (χ4n) is 5.64. The highest BCUT2D eigenvalue weighted by atomic mass is 31.2. The molecular formula is C44H75O11P. The number of phosphoric ester groups is 1. The van der Waals surface area contributed by atoms with Crippen LogP contribution in [0.4, 0.5) is 0 Å². The number of phosphoric acid groups is 1. The lowest BCUT2D eigenvalue weighted by molar-refractivity contribution is -0.161. The minimum atomic E-state index is -4.64. The molecule has 3 unspecified atom stereocenters. The maximum atomic E-state index is 12.6. The molecule has 1 aliphatic rings. The van der Waals surface area contributed by atoms with Crippen molar-refractivity contribution in [3.05, 3.63) is 60.8 Å². The van der Waals surface area contributed by atoms with E-state index < -0.39 is 51.8 Å². The number of allylic oxidation sites excluding steroid dienone is 9. The third kappa shape index (κ3) is 32.7. The summed E-state index contributed by atoms with van der Waals surface area (Å²) in [6.45, 7) is 2.22. The molecule has 0 aliphatic carbocycles. The number of epoxide rings is 1. The van der Waals surface area contributed by atoms with Gasteiger partial charge in [0, 0.05) is 12.8 Å². The van der Waals surface area contributed by atoms with E-state index in [0.29, 0.717) is 31.5 Å². The van der Waals surface area contributed by atoms with Crippen LogP contribution >= 0.6 is 7.82 Å². The maximum Gasteiger partial charge on any atom is 0.472 e. The Hall–Kier alpha value is -2.37. The van der Waals surface area contributed by atoms with Crippen LogP contribution in [0.5, 0.6) is 0 Å². The molecular weight excluding hydrogens is 735 g/mol. The first-order valence-corrected chi connectivity index (χ1v) is 22.9. The Morgan fingerprint density at radius 3 is 1.84 bits per heavy atom. The van der Waals surface area contributed by atoms with Gasteiger partial charge in [-0.2, -0.15) is 0 Å². The largest absolute Gasteiger partial charge is 0.472 e. The molecule has 1 aliphatic heterocycles. The lowest BCUT2D eigenvalue weighted by Gasteiger charge is -2.20. The molecule has 0 aromatic rings. The van der Waals surface area contributed by atoms with Crippen LogP contribution in [-0.2, 0) is 37.4 Å².